The first kappa shape index (κ1) is 11.9. The van der Waals surface area contributed by atoms with Gasteiger partial charge in [0.05, 0.1) is 5.54 Å². The van der Waals surface area contributed by atoms with Gasteiger partial charge in [-0.1, -0.05) is 26.2 Å². The van der Waals surface area contributed by atoms with Gasteiger partial charge in [-0.25, -0.2) is 0 Å². The average Bonchev–Trinajstić information content (AvgIpc) is 3.10. The van der Waals surface area contributed by atoms with Crippen LogP contribution in [0.4, 0.5) is 0 Å². The molecule has 3 heteroatoms. The van der Waals surface area contributed by atoms with Crippen molar-refractivity contribution in [2.24, 2.45) is 17.6 Å². The van der Waals surface area contributed by atoms with E-state index in [0.29, 0.717) is 5.92 Å². The summed E-state index contributed by atoms with van der Waals surface area (Å²) in [5, 5.41) is 3.05. The molecule has 0 radical (unpaired) electrons. The van der Waals surface area contributed by atoms with E-state index < -0.39 is 5.54 Å². The van der Waals surface area contributed by atoms with Crippen LogP contribution in [0.3, 0.4) is 0 Å². The molecular formula is C13H24N2O. The molecule has 0 saturated heterocycles. The normalized spacial score (nSPS) is 26.1. The van der Waals surface area contributed by atoms with Gasteiger partial charge in [0.1, 0.15) is 0 Å². The molecule has 16 heavy (non-hydrogen) atoms. The second-order valence-electron chi connectivity index (χ2n) is 5.74. The van der Waals surface area contributed by atoms with Crippen LogP contribution < -0.4 is 11.1 Å². The number of carbonyl (C=O) groups is 1. The maximum absolute atomic E-state index is 12.0. The maximum Gasteiger partial charge on any atom is 0.240 e. The number of amides is 1. The van der Waals surface area contributed by atoms with Crippen molar-refractivity contribution < 1.29 is 4.79 Å². The number of carbonyl (C=O) groups excluding carboxylic acids is 1. The van der Waals surface area contributed by atoms with Crippen molar-refractivity contribution in [3.8, 4) is 0 Å². The molecule has 92 valence electrons. The summed E-state index contributed by atoms with van der Waals surface area (Å²) in [5.74, 6) is 1.55. The van der Waals surface area contributed by atoms with Crippen LogP contribution in [0.1, 0.15) is 51.9 Å². The highest BCUT2D eigenvalue weighted by Gasteiger charge is 2.36. The fourth-order valence-corrected chi connectivity index (χ4v) is 2.67. The lowest BCUT2D eigenvalue weighted by molar-refractivity contribution is -0.127. The van der Waals surface area contributed by atoms with Crippen molar-refractivity contribution in [3.05, 3.63) is 0 Å². The van der Waals surface area contributed by atoms with Crippen molar-refractivity contribution in [1.29, 1.82) is 0 Å². The van der Waals surface area contributed by atoms with Crippen LogP contribution >= 0.6 is 0 Å². The molecule has 1 amide bonds. The van der Waals surface area contributed by atoms with Crippen LogP contribution in [0, 0.1) is 11.8 Å². The lowest BCUT2D eigenvalue weighted by Crippen LogP contribution is -2.55. The minimum absolute atomic E-state index is 0.0831. The van der Waals surface area contributed by atoms with E-state index in [9.17, 15) is 4.79 Å². The lowest BCUT2D eigenvalue weighted by atomic mass is 9.82. The van der Waals surface area contributed by atoms with Crippen LogP contribution in [-0.4, -0.2) is 18.0 Å². The minimum atomic E-state index is -0.568. The number of rotatable bonds is 4. The van der Waals surface area contributed by atoms with Crippen LogP contribution in [0.15, 0.2) is 0 Å². The van der Waals surface area contributed by atoms with Crippen molar-refractivity contribution in [2.75, 3.05) is 6.54 Å². The molecule has 1 atom stereocenters. The highest BCUT2D eigenvalue weighted by molar-refractivity contribution is 5.86. The predicted molar refractivity (Wildman–Crippen MR) is 64.9 cm³/mol. The second kappa shape index (κ2) is 4.74. The van der Waals surface area contributed by atoms with E-state index in [4.69, 9.17) is 5.73 Å². The summed E-state index contributed by atoms with van der Waals surface area (Å²) in [5.41, 5.74) is 5.60. The van der Waals surface area contributed by atoms with Gasteiger partial charge in [0, 0.05) is 6.54 Å². The third-order valence-electron chi connectivity index (χ3n) is 4.21. The zero-order valence-electron chi connectivity index (χ0n) is 10.3. The van der Waals surface area contributed by atoms with E-state index in [2.05, 4.69) is 12.2 Å². The van der Waals surface area contributed by atoms with E-state index in [1.165, 1.54) is 19.3 Å². The monoisotopic (exact) mass is 224 g/mol. The summed E-state index contributed by atoms with van der Waals surface area (Å²) in [6.45, 7) is 3.03. The molecule has 0 heterocycles. The Morgan fingerprint density at radius 1 is 1.38 bits per heavy atom. The molecule has 0 aromatic heterocycles. The smallest absolute Gasteiger partial charge is 0.240 e. The minimum Gasteiger partial charge on any atom is -0.354 e. The summed E-state index contributed by atoms with van der Waals surface area (Å²) in [4.78, 5) is 12.0. The van der Waals surface area contributed by atoms with Gasteiger partial charge < -0.3 is 11.1 Å². The topological polar surface area (TPSA) is 55.1 Å². The highest BCUT2D eigenvalue weighted by Crippen LogP contribution is 2.36. The van der Waals surface area contributed by atoms with Crippen LogP contribution in [0.5, 0.6) is 0 Å². The SMILES string of the molecule is CC(CNC(=O)C1(N)CCCCC1)C1CC1. The van der Waals surface area contributed by atoms with Gasteiger partial charge in [-0.15, -0.1) is 0 Å². The first-order valence-corrected chi connectivity index (χ1v) is 6.69. The fourth-order valence-electron chi connectivity index (χ4n) is 2.67. The number of nitrogens with two attached hydrogens (primary N) is 1. The van der Waals surface area contributed by atoms with Gasteiger partial charge in [-0.05, 0) is 37.5 Å². The molecule has 0 spiro atoms. The summed E-state index contributed by atoms with van der Waals surface area (Å²) in [7, 11) is 0. The molecule has 1 unspecified atom stereocenters. The zero-order chi connectivity index (χ0) is 11.6. The average molecular weight is 224 g/mol. The predicted octanol–water partition coefficient (Wildman–Crippen LogP) is 1.81. The third kappa shape index (κ3) is 2.76. The van der Waals surface area contributed by atoms with Crippen molar-refractivity contribution in [2.45, 2.75) is 57.4 Å². The fraction of sp³-hybridized carbons (Fsp3) is 0.923. The molecule has 0 aromatic rings. The number of nitrogens with one attached hydrogen (secondary N) is 1. The quantitative estimate of drug-likeness (QED) is 0.765. The van der Waals surface area contributed by atoms with E-state index >= 15 is 0 Å². The van der Waals surface area contributed by atoms with Crippen LogP contribution in [0.2, 0.25) is 0 Å². The number of hydrogen-bond acceptors (Lipinski definition) is 2. The lowest BCUT2D eigenvalue weighted by Gasteiger charge is -2.32. The molecule has 2 aliphatic rings. The molecular weight excluding hydrogens is 200 g/mol. The summed E-state index contributed by atoms with van der Waals surface area (Å²) in [6.07, 6.45) is 7.82. The van der Waals surface area contributed by atoms with Crippen molar-refractivity contribution >= 4 is 5.91 Å². The van der Waals surface area contributed by atoms with Crippen molar-refractivity contribution in [3.63, 3.8) is 0 Å². The van der Waals surface area contributed by atoms with Crippen LogP contribution in [0.25, 0.3) is 0 Å². The zero-order valence-corrected chi connectivity index (χ0v) is 10.3. The summed E-state index contributed by atoms with van der Waals surface area (Å²) < 4.78 is 0. The largest absolute Gasteiger partial charge is 0.354 e. The Kier molecular flexibility index (Phi) is 3.53. The molecule has 0 aromatic carbocycles. The van der Waals surface area contributed by atoms with Gasteiger partial charge in [-0.3, -0.25) is 4.79 Å². The van der Waals surface area contributed by atoms with Gasteiger partial charge in [0.25, 0.3) is 0 Å². The van der Waals surface area contributed by atoms with Gasteiger partial charge in [0.15, 0.2) is 0 Å². The Bertz CT molecular complexity index is 255. The molecule has 2 rings (SSSR count). The molecule has 2 saturated carbocycles. The number of hydrogen-bond donors (Lipinski definition) is 2. The summed E-state index contributed by atoms with van der Waals surface area (Å²) in [6, 6.07) is 0. The second-order valence-corrected chi connectivity index (χ2v) is 5.74. The van der Waals surface area contributed by atoms with Gasteiger partial charge >= 0.3 is 0 Å². The molecule has 2 fully saturated rings. The van der Waals surface area contributed by atoms with Gasteiger partial charge in [0.2, 0.25) is 5.91 Å². The Hall–Kier alpha value is -0.570. The molecule has 3 N–H and O–H groups in total. The van der Waals surface area contributed by atoms with E-state index in [0.717, 1.165) is 38.1 Å². The van der Waals surface area contributed by atoms with E-state index in [1.54, 1.807) is 0 Å². The Morgan fingerprint density at radius 3 is 2.56 bits per heavy atom. The maximum atomic E-state index is 12.0. The molecule has 0 bridgehead atoms. The van der Waals surface area contributed by atoms with Gasteiger partial charge in [-0.2, -0.15) is 0 Å². The van der Waals surface area contributed by atoms with E-state index in [1.807, 2.05) is 0 Å². The Morgan fingerprint density at radius 2 is 2.00 bits per heavy atom. The molecule has 2 aliphatic carbocycles. The first-order chi connectivity index (χ1) is 7.62. The van der Waals surface area contributed by atoms with Crippen LogP contribution in [-0.2, 0) is 4.79 Å². The van der Waals surface area contributed by atoms with Crippen molar-refractivity contribution in [1.82, 2.24) is 5.32 Å². The Labute approximate surface area is 98.2 Å². The standard InChI is InChI=1S/C13H24N2O/c1-10(11-5-6-11)9-15-12(16)13(14)7-3-2-4-8-13/h10-11H,2-9,14H2,1H3,(H,15,16). The highest BCUT2D eigenvalue weighted by atomic mass is 16.2. The third-order valence-corrected chi connectivity index (χ3v) is 4.21. The van der Waals surface area contributed by atoms with E-state index in [-0.39, 0.29) is 5.91 Å². The Balaban J connectivity index is 1.77. The molecule has 0 aliphatic heterocycles. The molecule has 3 nitrogen and oxygen atoms in total. The first-order valence-electron chi connectivity index (χ1n) is 6.69. The summed E-state index contributed by atoms with van der Waals surface area (Å²) >= 11 is 0.